The summed E-state index contributed by atoms with van der Waals surface area (Å²) in [7, 11) is 0. The molecular weight excluding hydrogens is 354 g/mol. The van der Waals surface area contributed by atoms with Crippen LogP contribution < -0.4 is 16.0 Å². The Morgan fingerprint density at radius 3 is 1.93 bits per heavy atom. The lowest BCUT2D eigenvalue weighted by Crippen LogP contribution is -2.40. The molecule has 3 amide bonds. The Morgan fingerprint density at radius 1 is 0.714 bits per heavy atom. The van der Waals surface area contributed by atoms with Crippen molar-refractivity contribution in [1.29, 1.82) is 0 Å². The summed E-state index contributed by atoms with van der Waals surface area (Å²) < 4.78 is 0. The molecule has 6 nitrogen and oxygen atoms in total. The minimum atomic E-state index is -0.426. The Hall–Kier alpha value is -3.15. The van der Waals surface area contributed by atoms with E-state index in [2.05, 4.69) is 16.0 Å². The van der Waals surface area contributed by atoms with Crippen LogP contribution in [0.2, 0.25) is 0 Å². The highest BCUT2D eigenvalue weighted by Gasteiger charge is 2.12. The maximum atomic E-state index is 12.1. The number of carbonyl (C=O) groups excluding carboxylic acids is 3. The molecule has 0 spiro atoms. The zero-order chi connectivity index (χ0) is 20.8. The first kappa shape index (κ1) is 21.2. The summed E-state index contributed by atoms with van der Waals surface area (Å²) in [5.74, 6) is -1.07. The van der Waals surface area contributed by atoms with E-state index in [-0.39, 0.29) is 24.9 Å². The van der Waals surface area contributed by atoms with Crippen LogP contribution in [0.15, 0.2) is 30.3 Å². The quantitative estimate of drug-likeness (QED) is 0.719. The molecule has 0 unspecified atom stereocenters. The summed E-state index contributed by atoms with van der Waals surface area (Å²) in [6.07, 6.45) is 0. The van der Waals surface area contributed by atoms with Gasteiger partial charge in [0.2, 0.25) is 11.8 Å². The van der Waals surface area contributed by atoms with Gasteiger partial charge in [-0.3, -0.25) is 14.4 Å². The second-order valence-corrected chi connectivity index (χ2v) is 7.08. The van der Waals surface area contributed by atoms with E-state index in [0.717, 1.165) is 33.5 Å². The molecule has 0 radical (unpaired) electrons. The van der Waals surface area contributed by atoms with Gasteiger partial charge in [-0.25, -0.2) is 0 Å². The van der Waals surface area contributed by atoms with Gasteiger partial charge in [-0.2, -0.15) is 0 Å². The van der Waals surface area contributed by atoms with Crippen LogP contribution >= 0.6 is 0 Å². The lowest BCUT2D eigenvalue weighted by molar-refractivity contribution is -0.123. The molecule has 2 aromatic carbocycles. The first-order valence-electron chi connectivity index (χ1n) is 9.17. The van der Waals surface area contributed by atoms with Crippen molar-refractivity contribution in [2.24, 2.45) is 0 Å². The van der Waals surface area contributed by atoms with Crippen molar-refractivity contribution < 1.29 is 14.4 Å². The van der Waals surface area contributed by atoms with E-state index < -0.39 is 5.91 Å². The molecule has 2 rings (SSSR count). The van der Waals surface area contributed by atoms with Crippen molar-refractivity contribution in [3.63, 3.8) is 0 Å². The van der Waals surface area contributed by atoms with E-state index in [1.807, 2.05) is 52.8 Å². The largest absolute Gasteiger partial charge is 0.345 e. The van der Waals surface area contributed by atoms with Crippen LogP contribution in [0.1, 0.15) is 38.2 Å². The van der Waals surface area contributed by atoms with Crippen molar-refractivity contribution >= 4 is 23.4 Å². The van der Waals surface area contributed by atoms with Crippen LogP contribution in [0, 0.1) is 34.6 Å². The lowest BCUT2D eigenvalue weighted by Gasteiger charge is -2.13. The zero-order valence-corrected chi connectivity index (χ0v) is 17.0. The van der Waals surface area contributed by atoms with E-state index in [0.29, 0.717) is 5.56 Å². The standard InChI is InChI=1S/C22H27N3O3/c1-13-8-16(4)21(17(5)9-13)25-20(27)12-23-19(26)11-24-22(28)18-7-6-14(2)15(3)10-18/h6-10H,11-12H2,1-5H3,(H,23,26)(H,24,28)(H,25,27). The van der Waals surface area contributed by atoms with E-state index in [9.17, 15) is 14.4 Å². The van der Waals surface area contributed by atoms with Gasteiger partial charge in [0, 0.05) is 11.3 Å². The molecule has 0 aliphatic heterocycles. The van der Waals surface area contributed by atoms with Crippen molar-refractivity contribution in [2.45, 2.75) is 34.6 Å². The van der Waals surface area contributed by atoms with Crippen LogP contribution in [-0.2, 0) is 9.59 Å². The average molecular weight is 381 g/mol. The molecule has 0 fully saturated rings. The fourth-order valence-electron chi connectivity index (χ4n) is 2.95. The molecule has 0 atom stereocenters. The molecule has 3 N–H and O–H groups in total. The third-order valence-corrected chi connectivity index (χ3v) is 4.57. The average Bonchev–Trinajstić information content (AvgIpc) is 2.63. The first-order valence-corrected chi connectivity index (χ1v) is 9.17. The highest BCUT2D eigenvalue weighted by atomic mass is 16.2. The SMILES string of the molecule is Cc1cc(C)c(NC(=O)CNC(=O)CNC(=O)c2ccc(C)c(C)c2)c(C)c1. The minimum Gasteiger partial charge on any atom is -0.345 e. The van der Waals surface area contributed by atoms with E-state index in [1.165, 1.54) is 0 Å². The van der Waals surface area contributed by atoms with Crippen molar-refractivity contribution in [2.75, 3.05) is 18.4 Å². The molecule has 6 heteroatoms. The first-order chi connectivity index (χ1) is 13.2. The summed E-state index contributed by atoms with van der Waals surface area (Å²) in [5, 5.41) is 7.90. The highest BCUT2D eigenvalue weighted by molar-refractivity contribution is 5.98. The van der Waals surface area contributed by atoms with Gasteiger partial charge in [-0.05, 0) is 69.0 Å². The van der Waals surface area contributed by atoms with Gasteiger partial charge in [0.25, 0.3) is 5.91 Å². The van der Waals surface area contributed by atoms with Gasteiger partial charge in [-0.1, -0.05) is 23.8 Å². The molecule has 0 saturated heterocycles. The van der Waals surface area contributed by atoms with Crippen LogP contribution in [-0.4, -0.2) is 30.8 Å². The summed E-state index contributed by atoms with van der Waals surface area (Å²) in [6, 6.07) is 9.34. The number of aryl methyl sites for hydroxylation is 5. The molecule has 0 bridgehead atoms. The summed E-state index contributed by atoms with van der Waals surface area (Å²) in [4.78, 5) is 36.2. The van der Waals surface area contributed by atoms with Gasteiger partial charge in [0.1, 0.15) is 0 Å². The van der Waals surface area contributed by atoms with Crippen LogP contribution in [0.3, 0.4) is 0 Å². The number of carbonyl (C=O) groups is 3. The topological polar surface area (TPSA) is 87.3 Å². The molecule has 0 aromatic heterocycles. The Kier molecular flexibility index (Phi) is 6.93. The summed E-state index contributed by atoms with van der Waals surface area (Å²) in [5.41, 5.74) is 6.43. The molecule has 2 aromatic rings. The number of rotatable bonds is 6. The van der Waals surface area contributed by atoms with E-state index in [1.54, 1.807) is 12.1 Å². The second-order valence-electron chi connectivity index (χ2n) is 7.08. The molecular formula is C22H27N3O3. The zero-order valence-electron chi connectivity index (χ0n) is 17.0. The predicted molar refractivity (Wildman–Crippen MR) is 111 cm³/mol. The van der Waals surface area contributed by atoms with Crippen LogP contribution in [0.5, 0.6) is 0 Å². The second kappa shape index (κ2) is 9.17. The van der Waals surface area contributed by atoms with Crippen molar-refractivity contribution in [3.8, 4) is 0 Å². The third kappa shape index (κ3) is 5.67. The number of benzene rings is 2. The van der Waals surface area contributed by atoms with Crippen LogP contribution in [0.25, 0.3) is 0 Å². The normalized spacial score (nSPS) is 10.3. The predicted octanol–water partition coefficient (Wildman–Crippen LogP) is 2.71. The number of hydrogen-bond donors (Lipinski definition) is 3. The Balaban J connectivity index is 1.81. The summed E-state index contributed by atoms with van der Waals surface area (Å²) >= 11 is 0. The third-order valence-electron chi connectivity index (χ3n) is 4.57. The maximum absolute atomic E-state index is 12.1. The smallest absolute Gasteiger partial charge is 0.251 e. The monoisotopic (exact) mass is 381 g/mol. The molecule has 28 heavy (non-hydrogen) atoms. The fourth-order valence-corrected chi connectivity index (χ4v) is 2.95. The fraction of sp³-hybridized carbons (Fsp3) is 0.318. The number of nitrogens with one attached hydrogen (secondary N) is 3. The molecule has 0 saturated carbocycles. The summed E-state index contributed by atoms with van der Waals surface area (Å²) in [6.45, 7) is 9.39. The number of amides is 3. The van der Waals surface area contributed by atoms with E-state index >= 15 is 0 Å². The van der Waals surface area contributed by atoms with Crippen LogP contribution in [0.4, 0.5) is 5.69 Å². The number of hydrogen-bond acceptors (Lipinski definition) is 3. The maximum Gasteiger partial charge on any atom is 0.251 e. The number of anilines is 1. The minimum absolute atomic E-state index is 0.162. The Bertz CT molecular complexity index is 896. The van der Waals surface area contributed by atoms with Gasteiger partial charge >= 0.3 is 0 Å². The Labute approximate surface area is 165 Å². The molecule has 0 heterocycles. The Morgan fingerprint density at radius 2 is 1.32 bits per heavy atom. The van der Waals surface area contributed by atoms with Gasteiger partial charge in [0.05, 0.1) is 13.1 Å². The molecule has 148 valence electrons. The van der Waals surface area contributed by atoms with Crippen molar-refractivity contribution in [3.05, 3.63) is 63.7 Å². The van der Waals surface area contributed by atoms with Gasteiger partial charge in [0.15, 0.2) is 0 Å². The van der Waals surface area contributed by atoms with Gasteiger partial charge < -0.3 is 16.0 Å². The van der Waals surface area contributed by atoms with Crippen molar-refractivity contribution in [1.82, 2.24) is 10.6 Å². The molecule has 0 aliphatic carbocycles. The van der Waals surface area contributed by atoms with E-state index in [4.69, 9.17) is 0 Å². The molecule has 0 aliphatic rings. The lowest BCUT2D eigenvalue weighted by atomic mass is 10.1. The highest BCUT2D eigenvalue weighted by Crippen LogP contribution is 2.21. The van der Waals surface area contributed by atoms with Gasteiger partial charge in [-0.15, -0.1) is 0 Å².